The number of carbonyl (C=O) groups excluding carboxylic acids is 1. The molecule has 0 bridgehead atoms. The molecule has 0 radical (unpaired) electrons. The predicted molar refractivity (Wildman–Crippen MR) is 78.3 cm³/mol. The molecule has 0 saturated heterocycles. The summed E-state index contributed by atoms with van der Waals surface area (Å²) in [6, 6.07) is 10.9. The molecular weight excluding hydrogens is 254 g/mol. The minimum atomic E-state index is -0.290. The molecule has 0 spiro atoms. The summed E-state index contributed by atoms with van der Waals surface area (Å²) in [5.74, 6) is 0.496. The number of carbonyl (C=O) groups is 1. The zero-order chi connectivity index (χ0) is 14.7. The molecule has 2 aromatic rings. The number of aromatic nitrogens is 1. The zero-order valence-electron chi connectivity index (χ0n) is 11.8. The summed E-state index contributed by atoms with van der Waals surface area (Å²) >= 11 is 0. The Morgan fingerprint density at radius 3 is 2.55 bits per heavy atom. The first-order valence-electron chi connectivity index (χ1n) is 6.49. The third-order valence-electron chi connectivity index (χ3n) is 3.15. The molecule has 1 aromatic heterocycles. The highest BCUT2D eigenvalue weighted by molar-refractivity contribution is 5.94. The maximum Gasteiger partial charge on any atom is 0.261 e. The van der Waals surface area contributed by atoms with E-state index in [0.717, 1.165) is 17.0 Å². The molecule has 0 aliphatic carbocycles. The van der Waals surface area contributed by atoms with Crippen LogP contribution in [0, 0.1) is 0 Å². The van der Waals surface area contributed by atoms with Crippen molar-refractivity contribution < 1.29 is 9.53 Å². The van der Waals surface area contributed by atoms with Gasteiger partial charge in [0.25, 0.3) is 5.56 Å². The first-order chi connectivity index (χ1) is 9.56. The van der Waals surface area contributed by atoms with Gasteiger partial charge in [0.15, 0.2) is 5.78 Å². The van der Waals surface area contributed by atoms with Crippen LogP contribution in [0.5, 0.6) is 5.75 Å². The molecule has 104 valence electrons. The molecular formula is C16H17NO3. The number of benzene rings is 1. The smallest absolute Gasteiger partial charge is 0.261 e. The largest absolute Gasteiger partial charge is 0.493 e. The van der Waals surface area contributed by atoms with Gasteiger partial charge in [0.1, 0.15) is 5.75 Å². The van der Waals surface area contributed by atoms with Crippen molar-refractivity contribution in [2.45, 2.75) is 13.8 Å². The third-order valence-corrected chi connectivity index (χ3v) is 3.15. The van der Waals surface area contributed by atoms with E-state index in [1.165, 1.54) is 11.5 Å². The molecule has 1 aromatic carbocycles. The quantitative estimate of drug-likeness (QED) is 0.803. The molecule has 2 rings (SSSR count). The second-order valence-electron chi connectivity index (χ2n) is 4.48. The van der Waals surface area contributed by atoms with Gasteiger partial charge in [0, 0.05) is 12.6 Å². The number of hydrogen-bond donors (Lipinski definition) is 0. The number of para-hydroxylation sites is 1. The van der Waals surface area contributed by atoms with Crippen LogP contribution in [0.1, 0.15) is 24.2 Å². The van der Waals surface area contributed by atoms with Crippen molar-refractivity contribution in [3.63, 3.8) is 0 Å². The Bertz CT molecular complexity index is 701. The normalized spacial score (nSPS) is 10.3. The van der Waals surface area contributed by atoms with Crippen molar-refractivity contribution in [3.8, 4) is 17.0 Å². The number of hydrogen-bond acceptors (Lipinski definition) is 3. The van der Waals surface area contributed by atoms with E-state index in [1.807, 2.05) is 31.2 Å². The van der Waals surface area contributed by atoms with Crippen LogP contribution >= 0.6 is 0 Å². The van der Waals surface area contributed by atoms with Gasteiger partial charge in [-0.2, -0.15) is 0 Å². The van der Waals surface area contributed by atoms with Gasteiger partial charge >= 0.3 is 0 Å². The van der Waals surface area contributed by atoms with Crippen molar-refractivity contribution >= 4 is 5.78 Å². The Balaban J connectivity index is 2.63. The Morgan fingerprint density at radius 2 is 1.90 bits per heavy atom. The standard InChI is InChI=1S/C16H17NO3/c1-4-20-15-8-6-5-7-13(15)14-10-9-12(11(2)18)16(19)17(14)3/h5-10H,4H2,1-3H3. The summed E-state index contributed by atoms with van der Waals surface area (Å²) < 4.78 is 7.06. The first kappa shape index (κ1) is 14.1. The third kappa shape index (κ3) is 2.50. The summed E-state index contributed by atoms with van der Waals surface area (Å²) in [5.41, 5.74) is 1.47. The second kappa shape index (κ2) is 5.74. The monoisotopic (exact) mass is 271 g/mol. The molecule has 0 saturated carbocycles. The van der Waals surface area contributed by atoms with Crippen LogP contribution in [-0.2, 0) is 7.05 Å². The minimum absolute atomic E-state index is 0.199. The lowest BCUT2D eigenvalue weighted by atomic mass is 10.1. The Hall–Kier alpha value is -2.36. The average Bonchev–Trinajstić information content (AvgIpc) is 2.43. The first-order valence-corrected chi connectivity index (χ1v) is 6.49. The molecule has 0 amide bonds. The second-order valence-corrected chi connectivity index (χ2v) is 4.48. The molecule has 4 heteroatoms. The summed E-state index contributed by atoms with van der Waals surface area (Å²) in [6.07, 6.45) is 0. The summed E-state index contributed by atoms with van der Waals surface area (Å²) in [7, 11) is 1.66. The number of rotatable bonds is 4. The summed E-state index contributed by atoms with van der Waals surface area (Å²) in [4.78, 5) is 23.6. The Labute approximate surface area is 117 Å². The van der Waals surface area contributed by atoms with Gasteiger partial charge in [-0.3, -0.25) is 9.59 Å². The molecule has 4 nitrogen and oxygen atoms in total. The summed E-state index contributed by atoms with van der Waals surface area (Å²) in [6.45, 7) is 3.86. The van der Waals surface area contributed by atoms with E-state index in [9.17, 15) is 9.59 Å². The molecule has 0 aliphatic heterocycles. The molecule has 1 heterocycles. The van der Waals surface area contributed by atoms with Gasteiger partial charge in [-0.05, 0) is 38.1 Å². The van der Waals surface area contributed by atoms with Crippen LogP contribution < -0.4 is 10.3 Å². The fraction of sp³-hybridized carbons (Fsp3) is 0.250. The highest BCUT2D eigenvalue weighted by Crippen LogP contribution is 2.28. The van der Waals surface area contributed by atoms with E-state index in [4.69, 9.17) is 4.74 Å². The Kier molecular flexibility index (Phi) is 4.03. The van der Waals surface area contributed by atoms with Gasteiger partial charge in [0.2, 0.25) is 0 Å². The van der Waals surface area contributed by atoms with Crippen LogP contribution in [-0.4, -0.2) is 17.0 Å². The van der Waals surface area contributed by atoms with E-state index in [0.29, 0.717) is 6.61 Å². The molecule has 0 fully saturated rings. The number of nitrogens with zero attached hydrogens (tertiary/aromatic N) is 1. The van der Waals surface area contributed by atoms with E-state index >= 15 is 0 Å². The van der Waals surface area contributed by atoms with Gasteiger partial charge in [-0.1, -0.05) is 12.1 Å². The van der Waals surface area contributed by atoms with Gasteiger partial charge < -0.3 is 9.30 Å². The fourth-order valence-electron chi connectivity index (χ4n) is 2.13. The van der Waals surface area contributed by atoms with Crippen LogP contribution in [0.3, 0.4) is 0 Å². The number of Topliss-reactive ketones (excluding diaryl/α,β-unsaturated/α-hetero) is 1. The van der Waals surface area contributed by atoms with Crippen molar-refractivity contribution in [2.24, 2.45) is 7.05 Å². The Morgan fingerprint density at radius 1 is 1.20 bits per heavy atom. The lowest BCUT2D eigenvalue weighted by Gasteiger charge is -2.13. The van der Waals surface area contributed by atoms with Crippen LogP contribution in [0.4, 0.5) is 0 Å². The maximum atomic E-state index is 12.2. The average molecular weight is 271 g/mol. The maximum absolute atomic E-state index is 12.2. The van der Waals surface area contributed by atoms with Crippen LogP contribution in [0.2, 0.25) is 0 Å². The van der Waals surface area contributed by atoms with Crippen molar-refractivity contribution in [1.82, 2.24) is 4.57 Å². The summed E-state index contributed by atoms with van der Waals surface area (Å²) in [5, 5.41) is 0. The van der Waals surface area contributed by atoms with E-state index < -0.39 is 0 Å². The molecule has 0 unspecified atom stereocenters. The molecule has 0 N–H and O–H groups in total. The van der Waals surface area contributed by atoms with Crippen molar-refractivity contribution in [1.29, 1.82) is 0 Å². The topological polar surface area (TPSA) is 48.3 Å². The number of ether oxygens (including phenoxy) is 1. The highest BCUT2D eigenvalue weighted by Gasteiger charge is 2.13. The van der Waals surface area contributed by atoms with Crippen LogP contribution in [0.15, 0.2) is 41.2 Å². The lowest BCUT2D eigenvalue weighted by molar-refractivity contribution is 0.101. The fourth-order valence-corrected chi connectivity index (χ4v) is 2.13. The predicted octanol–water partition coefficient (Wildman–Crippen LogP) is 2.65. The van der Waals surface area contributed by atoms with Gasteiger partial charge in [-0.25, -0.2) is 0 Å². The highest BCUT2D eigenvalue weighted by atomic mass is 16.5. The van der Waals surface area contributed by atoms with E-state index in [2.05, 4.69) is 0 Å². The number of ketones is 1. The minimum Gasteiger partial charge on any atom is -0.493 e. The molecule has 0 atom stereocenters. The zero-order valence-corrected chi connectivity index (χ0v) is 11.8. The van der Waals surface area contributed by atoms with E-state index in [-0.39, 0.29) is 16.9 Å². The van der Waals surface area contributed by atoms with Gasteiger partial charge in [-0.15, -0.1) is 0 Å². The van der Waals surface area contributed by atoms with E-state index in [1.54, 1.807) is 19.2 Å². The van der Waals surface area contributed by atoms with Crippen LogP contribution in [0.25, 0.3) is 11.3 Å². The van der Waals surface area contributed by atoms with Gasteiger partial charge in [0.05, 0.1) is 17.9 Å². The number of pyridine rings is 1. The molecule has 0 aliphatic rings. The van der Waals surface area contributed by atoms with Crippen molar-refractivity contribution in [3.05, 3.63) is 52.3 Å². The van der Waals surface area contributed by atoms with Crippen molar-refractivity contribution in [2.75, 3.05) is 6.61 Å². The molecule has 20 heavy (non-hydrogen) atoms. The lowest BCUT2D eigenvalue weighted by Crippen LogP contribution is -2.24. The SMILES string of the molecule is CCOc1ccccc1-c1ccc(C(C)=O)c(=O)n1C.